The minimum absolute atomic E-state index is 0.486. The number of hydrogen-bond donors (Lipinski definition) is 2. The first-order valence-corrected chi connectivity index (χ1v) is 8.45. The topological polar surface area (TPSA) is 35.5 Å². The maximum Gasteiger partial charge on any atom is 0.0928 e. The molecule has 122 valence electrons. The van der Waals surface area contributed by atoms with E-state index in [0.717, 1.165) is 38.0 Å². The molecule has 0 aromatic heterocycles. The summed E-state index contributed by atoms with van der Waals surface area (Å²) in [4.78, 5) is 2.48. The van der Waals surface area contributed by atoms with E-state index in [4.69, 9.17) is 11.6 Å². The zero-order valence-electron chi connectivity index (χ0n) is 13.6. The van der Waals surface area contributed by atoms with Crippen molar-refractivity contribution in [1.82, 2.24) is 10.2 Å². The number of aliphatic hydroxyl groups is 1. The third kappa shape index (κ3) is 5.40. The summed E-state index contributed by atoms with van der Waals surface area (Å²) in [6.07, 6.45) is 4.00. The fourth-order valence-electron chi connectivity index (χ4n) is 2.76. The van der Waals surface area contributed by atoms with Gasteiger partial charge in [0.1, 0.15) is 0 Å². The molecule has 4 heteroatoms. The van der Waals surface area contributed by atoms with Gasteiger partial charge in [0.15, 0.2) is 0 Å². The Hall–Kier alpha value is -0.870. The molecule has 1 aromatic carbocycles. The van der Waals surface area contributed by atoms with Gasteiger partial charge in [-0.2, -0.15) is 0 Å². The average Bonchev–Trinajstić information content (AvgIpc) is 2.52. The molecule has 0 amide bonds. The van der Waals surface area contributed by atoms with Crippen molar-refractivity contribution in [2.75, 3.05) is 26.2 Å². The number of rotatable bonds is 6. The molecule has 2 N–H and O–H groups in total. The second kappa shape index (κ2) is 8.68. The summed E-state index contributed by atoms with van der Waals surface area (Å²) in [5.74, 6) is 0. The van der Waals surface area contributed by atoms with Gasteiger partial charge in [-0.15, -0.1) is 0 Å². The highest BCUT2D eigenvalue weighted by Crippen LogP contribution is 2.22. The predicted molar refractivity (Wildman–Crippen MR) is 93.3 cm³/mol. The molecule has 22 heavy (non-hydrogen) atoms. The van der Waals surface area contributed by atoms with Crippen molar-refractivity contribution in [3.63, 3.8) is 0 Å². The molecule has 0 saturated carbocycles. The molecule has 1 unspecified atom stereocenters. The monoisotopic (exact) mass is 322 g/mol. The van der Waals surface area contributed by atoms with Crippen molar-refractivity contribution in [2.24, 2.45) is 0 Å². The van der Waals surface area contributed by atoms with Gasteiger partial charge in [0.2, 0.25) is 0 Å². The van der Waals surface area contributed by atoms with E-state index in [9.17, 15) is 5.11 Å². The maximum absolute atomic E-state index is 10.3. The molecule has 1 saturated heterocycles. The molecule has 0 radical (unpaired) electrons. The Bertz CT molecular complexity index is 492. The van der Waals surface area contributed by atoms with E-state index in [1.807, 2.05) is 24.3 Å². The Morgan fingerprint density at radius 2 is 2.05 bits per heavy atom. The normalized spacial score (nSPS) is 18.2. The average molecular weight is 323 g/mol. The Kier molecular flexibility index (Phi) is 6.90. The van der Waals surface area contributed by atoms with E-state index in [-0.39, 0.29) is 0 Å². The zero-order valence-corrected chi connectivity index (χ0v) is 14.3. The van der Waals surface area contributed by atoms with Crippen LogP contribution in [-0.2, 0) is 0 Å². The first-order chi connectivity index (χ1) is 10.6. The number of allylic oxidation sites excluding steroid dienone is 1. The first-order valence-electron chi connectivity index (χ1n) is 8.08. The van der Waals surface area contributed by atoms with Gasteiger partial charge < -0.3 is 10.4 Å². The van der Waals surface area contributed by atoms with E-state index < -0.39 is 6.10 Å². The smallest absolute Gasteiger partial charge is 0.0928 e. The Balaban J connectivity index is 1.73. The van der Waals surface area contributed by atoms with Crippen LogP contribution in [-0.4, -0.2) is 42.2 Å². The van der Waals surface area contributed by atoms with Crippen molar-refractivity contribution < 1.29 is 5.11 Å². The van der Waals surface area contributed by atoms with E-state index in [1.165, 1.54) is 5.57 Å². The third-order valence-corrected chi connectivity index (χ3v) is 4.55. The fraction of sp³-hybridized carbons (Fsp3) is 0.556. The molecular formula is C18H27ClN2O. The molecule has 1 atom stereocenters. The molecule has 1 aliphatic rings. The van der Waals surface area contributed by atoms with Crippen molar-refractivity contribution in [1.29, 1.82) is 0 Å². The van der Waals surface area contributed by atoms with Crippen LogP contribution in [0.5, 0.6) is 0 Å². The minimum Gasteiger partial charge on any atom is -0.387 e. The van der Waals surface area contributed by atoms with Gasteiger partial charge in [-0.3, -0.25) is 4.90 Å². The van der Waals surface area contributed by atoms with Crippen LogP contribution in [0.15, 0.2) is 35.9 Å². The second-order valence-corrected chi connectivity index (χ2v) is 6.71. The van der Waals surface area contributed by atoms with Gasteiger partial charge in [0.25, 0.3) is 0 Å². The van der Waals surface area contributed by atoms with Gasteiger partial charge in [0.05, 0.1) is 6.10 Å². The largest absolute Gasteiger partial charge is 0.387 e. The number of piperidine rings is 1. The van der Waals surface area contributed by atoms with Crippen LogP contribution in [0.4, 0.5) is 0 Å². The molecule has 1 heterocycles. The van der Waals surface area contributed by atoms with Crippen LogP contribution >= 0.6 is 11.6 Å². The Labute approximate surface area is 139 Å². The highest BCUT2D eigenvalue weighted by Gasteiger charge is 2.19. The molecular weight excluding hydrogens is 296 g/mol. The number of nitrogens with one attached hydrogen (secondary N) is 1. The van der Waals surface area contributed by atoms with Crippen molar-refractivity contribution in [3.8, 4) is 0 Å². The van der Waals surface area contributed by atoms with Crippen LogP contribution in [0.3, 0.4) is 0 Å². The summed E-state index contributed by atoms with van der Waals surface area (Å²) < 4.78 is 0. The fourth-order valence-corrected chi connectivity index (χ4v) is 3.03. The van der Waals surface area contributed by atoms with E-state index in [2.05, 4.69) is 30.1 Å². The number of likely N-dealkylation sites (tertiary alicyclic amines) is 1. The first kappa shape index (κ1) is 17.5. The van der Waals surface area contributed by atoms with E-state index in [0.29, 0.717) is 17.6 Å². The van der Waals surface area contributed by atoms with Crippen LogP contribution in [0.1, 0.15) is 38.4 Å². The number of halogens is 1. The number of nitrogens with zero attached hydrogens (tertiary/aromatic N) is 1. The molecule has 0 bridgehead atoms. The molecule has 1 aromatic rings. The van der Waals surface area contributed by atoms with Gasteiger partial charge >= 0.3 is 0 Å². The molecule has 2 rings (SSSR count). The van der Waals surface area contributed by atoms with Crippen LogP contribution < -0.4 is 5.32 Å². The van der Waals surface area contributed by atoms with Crippen LogP contribution in [0, 0.1) is 0 Å². The molecule has 0 aliphatic carbocycles. The molecule has 3 nitrogen and oxygen atoms in total. The number of benzene rings is 1. The summed E-state index contributed by atoms with van der Waals surface area (Å²) >= 11 is 6.12. The lowest BCUT2D eigenvalue weighted by atomic mass is 10.0. The van der Waals surface area contributed by atoms with E-state index in [1.54, 1.807) is 0 Å². The third-order valence-electron chi connectivity index (χ3n) is 4.21. The highest BCUT2D eigenvalue weighted by atomic mass is 35.5. The standard InChI is InChI=1S/C18H27ClN2O/c1-14(2)7-10-21-11-8-15(9-12-21)20-13-18(22)16-5-3-4-6-17(16)19/h3-7,15,18,20,22H,8-13H2,1-2H3. The van der Waals surface area contributed by atoms with Crippen molar-refractivity contribution in [3.05, 3.63) is 46.5 Å². The maximum atomic E-state index is 10.3. The molecule has 1 fully saturated rings. The zero-order chi connectivity index (χ0) is 15.9. The predicted octanol–water partition coefficient (Wildman–Crippen LogP) is 3.39. The summed E-state index contributed by atoms with van der Waals surface area (Å²) in [5, 5.41) is 14.4. The van der Waals surface area contributed by atoms with Gasteiger partial charge in [-0.1, -0.05) is 41.4 Å². The highest BCUT2D eigenvalue weighted by molar-refractivity contribution is 6.31. The Morgan fingerprint density at radius 1 is 1.36 bits per heavy atom. The summed E-state index contributed by atoms with van der Waals surface area (Å²) in [5.41, 5.74) is 2.18. The summed E-state index contributed by atoms with van der Waals surface area (Å²) in [6, 6.07) is 7.99. The lowest BCUT2D eigenvalue weighted by Gasteiger charge is -2.32. The van der Waals surface area contributed by atoms with Gasteiger partial charge in [-0.05, 0) is 45.8 Å². The van der Waals surface area contributed by atoms with Gasteiger partial charge in [-0.25, -0.2) is 0 Å². The second-order valence-electron chi connectivity index (χ2n) is 6.30. The lowest BCUT2D eigenvalue weighted by molar-refractivity contribution is 0.155. The van der Waals surface area contributed by atoms with Crippen LogP contribution in [0.2, 0.25) is 5.02 Å². The minimum atomic E-state index is -0.544. The van der Waals surface area contributed by atoms with Crippen molar-refractivity contribution >= 4 is 11.6 Å². The van der Waals surface area contributed by atoms with Gasteiger partial charge in [0, 0.05) is 29.7 Å². The van der Waals surface area contributed by atoms with Crippen molar-refractivity contribution in [2.45, 2.75) is 38.8 Å². The molecule has 1 aliphatic heterocycles. The molecule has 0 spiro atoms. The summed E-state index contributed by atoms with van der Waals surface area (Å²) in [7, 11) is 0. The van der Waals surface area contributed by atoms with Crippen LogP contribution in [0.25, 0.3) is 0 Å². The Morgan fingerprint density at radius 3 is 2.68 bits per heavy atom. The lowest BCUT2D eigenvalue weighted by Crippen LogP contribution is -2.43. The van der Waals surface area contributed by atoms with E-state index >= 15 is 0 Å². The quantitative estimate of drug-likeness (QED) is 0.788. The number of hydrogen-bond acceptors (Lipinski definition) is 3. The summed E-state index contributed by atoms with van der Waals surface area (Å²) in [6.45, 7) is 8.13. The SMILES string of the molecule is CC(C)=CCN1CCC(NCC(O)c2ccccc2Cl)CC1. The number of aliphatic hydroxyl groups excluding tert-OH is 1.